The van der Waals surface area contributed by atoms with Crippen LogP contribution in [0.4, 0.5) is 0 Å². The maximum atomic E-state index is 11.9. The standard InChI is InChI=1S/C14H23NOS/c1-11(2)9-17(16)10-14(15-4)13-7-5-12(3)6-8-13/h5-8,11,14-15H,9-10H2,1-4H3. The first-order valence-corrected chi connectivity index (χ1v) is 7.60. The zero-order chi connectivity index (χ0) is 12.8. The summed E-state index contributed by atoms with van der Waals surface area (Å²) < 4.78 is 11.9. The van der Waals surface area contributed by atoms with E-state index < -0.39 is 10.8 Å². The van der Waals surface area contributed by atoms with Crippen LogP contribution in [0.5, 0.6) is 0 Å². The summed E-state index contributed by atoms with van der Waals surface area (Å²) in [4.78, 5) is 0. The maximum absolute atomic E-state index is 11.9. The van der Waals surface area contributed by atoms with Crippen LogP contribution in [0.3, 0.4) is 0 Å². The van der Waals surface area contributed by atoms with Gasteiger partial charge in [0, 0.05) is 28.3 Å². The molecule has 2 unspecified atom stereocenters. The number of hydrogen-bond acceptors (Lipinski definition) is 2. The lowest BCUT2D eigenvalue weighted by molar-refractivity contribution is 0.626. The third kappa shape index (κ3) is 5.00. The number of aryl methyl sites for hydroxylation is 1. The molecule has 0 aliphatic heterocycles. The van der Waals surface area contributed by atoms with Crippen molar-refractivity contribution in [3.8, 4) is 0 Å². The Morgan fingerprint density at radius 1 is 1.18 bits per heavy atom. The summed E-state index contributed by atoms with van der Waals surface area (Å²) in [5.74, 6) is 1.97. The van der Waals surface area contributed by atoms with Gasteiger partial charge >= 0.3 is 0 Å². The Hall–Kier alpha value is -0.670. The zero-order valence-corrected chi connectivity index (χ0v) is 12.0. The summed E-state index contributed by atoms with van der Waals surface area (Å²) in [6, 6.07) is 8.62. The van der Waals surface area contributed by atoms with Crippen LogP contribution in [-0.2, 0) is 10.8 Å². The molecule has 0 aliphatic carbocycles. The molecule has 0 fully saturated rings. The number of hydrogen-bond donors (Lipinski definition) is 1. The van der Waals surface area contributed by atoms with Crippen molar-refractivity contribution in [3.05, 3.63) is 35.4 Å². The number of benzene rings is 1. The molecule has 2 nitrogen and oxygen atoms in total. The topological polar surface area (TPSA) is 29.1 Å². The quantitative estimate of drug-likeness (QED) is 0.844. The highest BCUT2D eigenvalue weighted by atomic mass is 32.2. The van der Waals surface area contributed by atoms with Gasteiger partial charge in [-0.25, -0.2) is 0 Å². The van der Waals surface area contributed by atoms with E-state index in [1.807, 2.05) is 7.05 Å². The predicted octanol–water partition coefficient (Wildman–Crippen LogP) is 2.66. The third-order valence-corrected chi connectivity index (χ3v) is 4.44. The van der Waals surface area contributed by atoms with Gasteiger partial charge in [0.2, 0.25) is 0 Å². The van der Waals surface area contributed by atoms with Crippen molar-refractivity contribution in [2.45, 2.75) is 26.8 Å². The van der Waals surface area contributed by atoms with E-state index >= 15 is 0 Å². The molecular formula is C14H23NOS. The molecule has 0 aromatic heterocycles. The molecule has 0 aliphatic rings. The summed E-state index contributed by atoms with van der Waals surface area (Å²) in [5, 5.41) is 3.25. The van der Waals surface area contributed by atoms with Gasteiger partial charge in [0.15, 0.2) is 0 Å². The highest BCUT2D eigenvalue weighted by Gasteiger charge is 2.13. The molecular weight excluding hydrogens is 230 g/mol. The zero-order valence-electron chi connectivity index (χ0n) is 11.2. The van der Waals surface area contributed by atoms with E-state index in [1.165, 1.54) is 11.1 Å². The van der Waals surface area contributed by atoms with Crippen LogP contribution in [0, 0.1) is 12.8 Å². The van der Waals surface area contributed by atoms with Crippen molar-refractivity contribution >= 4 is 10.8 Å². The van der Waals surface area contributed by atoms with E-state index in [2.05, 4.69) is 50.4 Å². The molecule has 0 bridgehead atoms. The molecule has 0 amide bonds. The van der Waals surface area contributed by atoms with Crippen LogP contribution in [0.25, 0.3) is 0 Å². The molecule has 96 valence electrons. The molecule has 1 rings (SSSR count). The average molecular weight is 253 g/mol. The number of nitrogens with one attached hydrogen (secondary N) is 1. The molecule has 2 atom stereocenters. The third-order valence-electron chi connectivity index (χ3n) is 2.70. The Kier molecular flexibility index (Phi) is 5.86. The molecule has 17 heavy (non-hydrogen) atoms. The second-order valence-electron chi connectivity index (χ2n) is 4.92. The summed E-state index contributed by atoms with van der Waals surface area (Å²) in [6.45, 7) is 6.30. The van der Waals surface area contributed by atoms with Crippen molar-refractivity contribution in [3.63, 3.8) is 0 Å². The van der Waals surface area contributed by atoms with Gasteiger partial charge < -0.3 is 5.32 Å². The lowest BCUT2D eigenvalue weighted by Gasteiger charge is -2.17. The van der Waals surface area contributed by atoms with Gasteiger partial charge in [-0.2, -0.15) is 0 Å². The second kappa shape index (κ2) is 6.92. The summed E-state index contributed by atoms with van der Waals surface area (Å²) in [6.07, 6.45) is 0. The van der Waals surface area contributed by atoms with Gasteiger partial charge in [-0.1, -0.05) is 43.7 Å². The fraction of sp³-hybridized carbons (Fsp3) is 0.571. The largest absolute Gasteiger partial charge is 0.312 e. The summed E-state index contributed by atoms with van der Waals surface area (Å²) in [7, 11) is 1.18. The van der Waals surface area contributed by atoms with Crippen molar-refractivity contribution in [1.29, 1.82) is 0 Å². The van der Waals surface area contributed by atoms with E-state index in [0.29, 0.717) is 11.7 Å². The Balaban J connectivity index is 2.65. The van der Waals surface area contributed by atoms with E-state index in [1.54, 1.807) is 0 Å². The minimum absolute atomic E-state index is 0.190. The fourth-order valence-corrected chi connectivity index (χ4v) is 3.38. The maximum Gasteiger partial charge on any atom is 0.0434 e. The lowest BCUT2D eigenvalue weighted by Crippen LogP contribution is -2.24. The van der Waals surface area contributed by atoms with Crippen LogP contribution in [0.2, 0.25) is 0 Å². The van der Waals surface area contributed by atoms with Gasteiger partial charge in [0.05, 0.1) is 0 Å². The molecule has 0 radical (unpaired) electrons. The van der Waals surface area contributed by atoms with Crippen LogP contribution in [0.15, 0.2) is 24.3 Å². The Morgan fingerprint density at radius 3 is 2.24 bits per heavy atom. The van der Waals surface area contributed by atoms with Crippen molar-refractivity contribution in [1.82, 2.24) is 5.32 Å². The minimum atomic E-state index is -0.748. The molecule has 1 N–H and O–H groups in total. The van der Waals surface area contributed by atoms with Gasteiger partial charge in [-0.05, 0) is 25.5 Å². The molecule has 0 spiro atoms. The van der Waals surface area contributed by atoms with E-state index in [4.69, 9.17) is 0 Å². The Bertz CT molecular complexity index is 359. The van der Waals surface area contributed by atoms with Crippen LogP contribution < -0.4 is 5.32 Å². The summed E-state index contributed by atoms with van der Waals surface area (Å²) in [5.41, 5.74) is 2.47. The van der Waals surface area contributed by atoms with Crippen LogP contribution >= 0.6 is 0 Å². The van der Waals surface area contributed by atoms with Gasteiger partial charge in [-0.3, -0.25) is 4.21 Å². The van der Waals surface area contributed by atoms with E-state index in [0.717, 1.165) is 5.75 Å². The monoisotopic (exact) mass is 253 g/mol. The first kappa shape index (κ1) is 14.4. The Labute approximate surface area is 107 Å². The minimum Gasteiger partial charge on any atom is -0.312 e. The summed E-state index contributed by atoms with van der Waals surface area (Å²) >= 11 is 0. The lowest BCUT2D eigenvalue weighted by atomic mass is 10.1. The van der Waals surface area contributed by atoms with Crippen molar-refractivity contribution in [2.24, 2.45) is 5.92 Å². The average Bonchev–Trinajstić information content (AvgIpc) is 2.26. The number of rotatable bonds is 6. The van der Waals surface area contributed by atoms with Crippen molar-refractivity contribution in [2.75, 3.05) is 18.6 Å². The van der Waals surface area contributed by atoms with E-state index in [9.17, 15) is 4.21 Å². The first-order chi connectivity index (χ1) is 8.02. The second-order valence-corrected chi connectivity index (χ2v) is 6.47. The highest BCUT2D eigenvalue weighted by Crippen LogP contribution is 2.15. The van der Waals surface area contributed by atoms with Crippen LogP contribution in [0.1, 0.15) is 31.0 Å². The molecule has 0 saturated carbocycles. The van der Waals surface area contributed by atoms with Gasteiger partial charge in [0.1, 0.15) is 0 Å². The van der Waals surface area contributed by atoms with Crippen LogP contribution in [-0.4, -0.2) is 22.8 Å². The Morgan fingerprint density at radius 2 is 1.76 bits per heavy atom. The van der Waals surface area contributed by atoms with E-state index in [-0.39, 0.29) is 6.04 Å². The molecule has 1 aromatic carbocycles. The first-order valence-electron chi connectivity index (χ1n) is 6.11. The fourth-order valence-electron chi connectivity index (χ4n) is 1.77. The smallest absolute Gasteiger partial charge is 0.0434 e. The molecule has 1 aromatic rings. The SMILES string of the molecule is CNC(CS(=O)CC(C)C)c1ccc(C)cc1. The molecule has 0 heterocycles. The molecule has 3 heteroatoms. The molecule has 0 saturated heterocycles. The van der Waals surface area contributed by atoms with Gasteiger partial charge in [0.25, 0.3) is 0 Å². The predicted molar refractivity (Wildman–Crippen MR) is 75.7 cm³/mol. The highest BCUT2D eigenvalue weighted by molar-refractivity contribution is 7.85. The van der Waals surface area contributed by atoms with Crippen molar-refractivity contribution < 1.29 is 4.21 Å². The normalized spacial score (nSPS) is 14.9. The van der Waals surface area contributed by atoms with Gasteiger partial charge in [-0.15, -0.1) is 0 Å².